The molecule has 1 spiro atoms. The smallest absolute Gasteiger partial charge is 0.311 e. The van der Waals surface area contributed by atoms with Crippen LogP contribution < -0.4 is 9.64 Å². The average Bonchev–Trinajstić information content (AvgIpc) is 3.15. The highest BCUT2D eigenvalue weighted by molar-refractivity contribution is 5.76. The molecule has 0 aliphatic carbocycles. The SMILES string of the molecule is CCCCOC(=O)C(C)(CC)CC(CCC)CCCCCN1c2ccccc2C(C)(C)C12C=Cc1ccccc1O2. The lowest BCUT2D eigenvalue weighted by atomic mass is 9.76. The summed E-state index contributed by atoms with van der Waals surface area (Å²) in [6.07, 6.45) is 15.2. The molecule has 4 rings (SSSR count). The molecule has 2 aromatic rings. The van der Waals surface area contributed by atoms with Gasteiger partial charge in [0.2, 0.25) is 5.72 Å². The van der Waals surface area contributed by atoms with Crippen molar-refractivity contribution in [1.29, 1.82) is 0 Å². The molecule has 3 atom stereocenters. The van der Waals surface area contributed by atoms with Crippen molar-refractivity contribution >= 4 is 17.7 Å². The summed E-state index contributed by atoms with van der Waals surface area (Å²) in [6.45, 7) is 14.8. The van der Waals surface area contributed by atoms with Crippen LogP contribution in [0.4, 0.5) is 5.69 Å². The first-order chi connectivity index (χ1) is 19.7. The number of benzene rings is 2. The molecule has 2 aromatic carbocycles. The molecule has 224 valence electrons. The molecule has 0 amide bonds. The predicted octanol–water partition coefficient (Wildman–Crippen LogP) is 9.71. The molecule has 41 heavy (non-hydrogen) atoms. The van der Waals surface area contributed by atoms with Gasteiger partial charge in [0.05, 0.1) is 17.4 Å². The number of ether oxygens (including phenoxy) is 2. The summed E-state index contributed by atoms with van der Waals surface area (Å²) in [5, 5.41) is 0. The summed E-state index contributed by atoms with van der Waals surface area (Å²) in [5.41, 5.74) is 2.64. The minimum atomic E-state index is -0.545. The highest BCUT2D eigenvalue weighted by Crippen LogP contribution is 2.54. The highest BCUT2D eigenvalue weighted by Gasteiger charge is 2.58. The second-order valence-electron chi connectivity index (χ2n) is 13.1. The fourth-order valence-corrected chi connectivity index (χ4v) is 6.96. The van der Waals surface area contributed by atoms with Crippen molar-refractivity contribution in [3.05, 3.63) is 65.7 Å². The molecule has 0 aromatic heterocycles. The maximum Gasteiger partial charge on any atom is 0.311 e. The molecule has 2 aliphatic heterocycles. The summed E-state index contributed by atoms with van der Waals surface area (Å²) < 4.78 is 12.6. The molecule has 0 radical (unpaired) electrons. The van der Waals surface area contributed by atoms with Gasteiger partial charge in [-0.2, -0.15) is 0 Å². The third-order valence-corrected chi connectivity index (χ3v) is 9.77. The van der Waals surface area contributed by atoms with Crippen molar-refractivity contribution < 1.29 is 14.3 Å². The van der Waals surface area contributed by atoms with Gasteiger partial charge in [0.1, 0.15) is 5.75 Å². The third-order valence-electron chi connectivity index (χ3n) is 9.77. The van der Waals surface area contributed by atoms with Gasteiger partial charge >= 0.3 is 5.97 Å². The van der Waals surface area contributed by atoms with Crippen molar-refractivity contribution in [2.24, 2.45) is 11.3 Å². The monoisotopic (exact) mass is 559 g/mol. The van der Waals surface area contributed by atoms with Crippen LogP contribution in [0.3, 0.4) is 0 Å². The number of fused-ring (bicyclic) bond motifs is 2. The van der Waals surface area contributed by atoms with E-state index >= 15 is 0 Å². The molecule has 0 fully saturated rings. The Bertz CT molecular complexity index is 1190. The molecule has 0 saturated carbocycles. The van der Waals surface area contributed by atoms with E-state index in [0.717, 1.165) is 56.4 Å². The lowest BCUT2D eigenvalue weighted by molar-refractivity contribution is -0.156. The van der Waals surface area contributed by atoms with Gasteiger partial charge in [0.15, 0.2) is 0 Å². The van der Waals surface area contributed by atoms with Gasteiger partial charge in [0.25, 0.3) is 0 Å². The zero-order valence-electron chi connectivity index (χ0n) is 26.5. The van der Waals surface area contributed by atoms with E-state index in [2.05, 4.69) is 107 Å². The molecule has 0 bridgehead atoms. The number of unbranched alkanes of at least 4 members (excludes halogenated alkanes) is 3. The van der Waals surface area contributed by atoms with Crippen LogP contribution >= 0.6 is 0 Å². The summed E-state index contributed by atoms with van der Waals surface area (Å²) in [5.74, 6) is 1.51. The van der Waals surface area contributed by atoms with Gasteiger partial charge in [-0.15, -0.1) is 0 Å². The van der Waals surface area contributed by atoms with Crippen molar-refractivity contribution in [2.45, 2.75) is 117 Å². The minimum absolute atomic E-state index is 0.00252. The second-order valence-corrected chi connectivity index (χ2v) is 13.1. The Hall–Kier alpha value is -2.75. The Labute approximate surface area is 249 Å². The van der Waals surface area contributed by atoms with Crippen molar-refractivity contribution in [3.8, 4) is 5.75 Å². The number of para-hydroxylation sites is 2. The molecule has 0 N–H and O–H groups in total. The van der Waals surface area contributed by atoms with Crippen LogP contribution in [-0.4, -0.2) is 24.8 Å². The van der Waals surface area contributed by atoms with E-state index in [-0.39, 0.29) is 16.8 Å². The Morgan fingerprint density at radius 2 is 1.71 bits per heavy atom. The zero-order valence-corrected chi connectivity index (χ0v) is 26.5. The summed E-state index contributed by atoms with van der Waals surface area (Å²) >= 11 is 0. The zero-order chi connectivity index (χ0) is 29.5. The molecule has 2 heterocycles. The second kappa shape index (κ2) is 13.5. The van der Waals surface area contributed by atoms with E-state index in [0.29, 0.717) is 12.5 Å². The predicted molar refractivity (Wildman–Crippen MR) is 171 cm³/mol. The first-order valence-corrected chi connectivity index (χ1v) is 16.2. The quantitative estimate of drug-likeness (QED) is 0.161. The van der Waals surface area contributed by atoms with Gasteiger partial charge in [-0.3, -0.25) is 4.79 Å². The molecule has 4 nitrogen and oxygen atoms in total. The number of carbonyl (C=O) groups excluding carboxylic acids is 1. The van der Waals surface area contributed by atoms with Gasteiger partial charge in [-0.25, -0.2) is 0 Å². The summed E-state index contributed by atoms with van der Waals surface area (Å²) in [4.78, 5) is 15.5. The van der Waals surface area contributed by atoms with Crippen molar-refractivity contribution in [1.82, 2.24) is 0 Å². The van der Waals surface area contributed by atoms with E-state index in [1.807, 2.05) is 0 Å². The third kappa shape index (κ3) is 6.37. The molecule has 0 saturated heterocycles. The first kappa shape index (κ1) is 31.2. The van der Waals surface area contributed by atoms with Crippen molar-refractivity contribution in [2.75, 3.05) is 18.1 Å². The Morgan fingerprint density at radius 3 is 2.46 bits per heavy atom. The maximum atomic E-state index is 13.0. The largest absolute Gasteiger partial charge is 0.465 e. The minimum Gasteiger partial charge on any atom is -0.465 e. The van der Waals surface area contributed by atoms with Crippen molar-refractivity contribution in [3.63, 3.8) is 0 Å². The first-order valence-electron chi connectivity index (χ1n) is 16.2. The van der Waals surface area contributed by atoms with Gasteiger partial charge in [0, 0.05) is 17.8 Å². The molecular formula is C37H53NO3. The number of hydrogen-bond donors (Lipinski definition) is 0. The van der Waals surface area contributed by atoms with Gasteiger partial charge in [-0.1, -0.05) is 95.7 Å². The molecule has 3 unspecified atom stereocenters. The van der Waals surface area contributed by atoms with Crippen LogP contribution in [0.25, 0.3) is 6.08 Å². The van der Waals surface area contributed by atoms with E-state index in [1.165, 1.54) is 36.9 Å². The lowest BCUT2D eigenvalue weighted by Gasteiger charge is -2.47. The van der Waals surface area contributed by atoms with E-state index in [4.69, 9.17) is 9.47 Å². The highest BCUT2D eigenvalue weighted by atomic mass is 16.5. The van der Waals surface area contributed by atoms with Crippen LogP contribution in [0.5, 0.6) is 5.75 Å². The number of carbonyl (C=O) groups is 1. The van der Waals surface area contributed by atoms with Crippen LogP contribution in [0.1, 0.15) is 117 Å². The van der Waals surface area contributed by atoms with Crippen LogP contribution in [0.2, 0.25) is 0 Å². The molecular weight excluding hydrogens is 506 g/mol. The Morgan fingerprint density at radius 1 is 0.951 bits per heavy atom. The number of nitrogens with zero attached hydrogens (tertiary/aromatic N) is 1. The lowest BCUT2D eigenvalue weighted by Crippen LogP contribution is -2.59. The average molecular weight is 560 g/mol. The van der Waals surface area contributed by atoms with E-state index in [1.54, 1.807) is 0 Å². The standard InChI is InChI=1S/C37H53NO3/c1-7-10-27-40-34(39)36(6,9-3)28-29(18-8-2)19-12-11-17-26-38-32-22-15-14-21-31(32)35(4,5)37(38)25-24-30-20-13-16-23-33(30)41-37/h13-16,20-25,29H,7-12,17-19,26-28H2,1-6H3. The fourth-order valence-electron chi connectivity index (χ4n) is 6.96. The number of rotatable bonds is 15. The number of esters is 1. The maximum absolute atomic E-state index is 13.0. The summed E-state index contributed by atoms with van der Waals surface area (Å²) in [6, 6.07) is 17.2. The molecule has 4 heteroatoms. The van der Waals surface area contributed by atoms with Crippen LogP contribution in [-0.2, 0) is 14.9 Å². The van der Waals surface area contributed by atoms with Crippen LogP contribution in [0, 0.1) is 11.3 Å². The van der Waals surface area contributed by atoms with Crippen LogP contribution in [0.15, 0.2) is 54.6 Å². The van der Waals surface area contributed by atoms with E-state index < -0.39 is 5.72 Å². The number of anilines is 1. The summed E-state index contributed by atoms with van der Waals surface area (Å²) in [7, 11) is 0. The Balaban J connectivity index is 1.40. The number of hydrogen-bond acceptors (Lipinski definition) is 4. The van der Waals surface area contributed by atoms with Gasteiger partial charge in [-0.05, 0) is 82.2 Å². The van der Waals surface area contributed by atoms with E-state index in [9.17, 15) is 4.79 Å². The fraction of sp³-hybridized carbons (Fsp3) is 0.595. The Kier molecular flexibility index (Phi) is 10.3. The van der Waals surface area contributed by atoms with Gasteiger partial charge < -0.3 is 14.4 Å². The normalized spacial score (nSPS) is 20.7. The molecule has 2 aliphatic rings. The topological polar surface area (TPSA) is 38.8 Å².